The highest BCUT2D eigenvalue weighted by atomic mass is 16.2. The van der Waals surface area contributed by atoms with Gasteiger partial charge in [0.05, 0.1) is 0 Å². The largest absolute Gasteiger partial charge is 0.309 e. The molecule has 2 nitrogen and oxygen atoms in total. The van der Waals surface area contributed by atoms with Crippen molar-refractivity contribution in [1.29, 1.82) is 0 Å². The number of likely N-dealkylation sites (N-methyl/N-ethyl adjacent to an activating group) is 1. The SMILES string of the molecule is C=CC(=O)N(CC)c1cccc(C)c1. The summed E-state index contributed by atoms with van der Waals surface area (Å²) in [5.41, 5.74) is 2.08. The number of rotatable bonds is 3. The summed E-state index contributed by atoms with van der Waals surface area (Å²) in [6.45, 7) is 8.10. The van der Waals surface area contributed by atoms with Crippen LogP contribution in [0.1, 0.15) is 12.5 Å². The fraction of sp³-hybridized carbons (Fsp3) is 0.250. The molecule has 0 aliphatic heterocycles. The molecule has 0 aromatic heterocycles. The Morgan fingerprint density at radius 2 is 2.29 bits per heavy atom. The second-order valence-electron chi connectivity index (χ2n) is 3.13. The molecule has 0 N–H and O–H groups in total. The number of nitrogens with zero attached hydrogens (tertiary/aromatic N) is 1. The summed E-state index contributed by atoms with van der Waals surface area (Å²) in [5.74, 6) is -0.0573. The van der Waals surface area contributed by atoms with Crippen LogP contribution in [0.4, 0.5) is 5.69 Å². The zero-order valence-electron chi connectivity index (χ0n) is 8.66. The monoisotopic (exact) mass is 189 g/mol. The van der Waals surface area contributed by atoms with Gasteiger partial charge in [0.15, 0.2) is 0 Å². The van der Waals surface area contributed by atoms with E-state index >= 15 is 0 Å². The molecule has 2 heteroatoms. The zero-order valence-corrected chi connectivity index (χ0v) is 8.66. The molecule has 0 saturated carbocycles. The van der Waals surface area contributed by atoms with Crippen LogP contribution in [0.25, 0.3) is 0 Å². The molecule has 0 aliphatic carbocycles. The van der Waals surface area contributed by atoms with E-state index in [2.05, 4.69) is 6.58 Å². The molecule has 0 unspecified atom stereocenters. The maximum Gasteiger partial charge on any atom is 0.250 e. The molecular formula is C12H15NO. The molecule has 74 valence electrons. The number of hydrogen-bond acceptors (Lipinski definition) is 1. The summed E-state index contributed by atoms with van der Waals surface area (Å²) >= 11 is 0. The first kappa shape index (κ1) is 10.5. The highest BCUT2D eigenvalue weighted by Gasteiger charge is 2.09. The Bertz CT molecular complexity index is 344. The smallest absolute Gasteiger partial charge is 0.250 e. The van der Waals surface area contributed by atoms with E-state index in [-0.39, 0.29) is 5.91 Å². The van der Waals surface area contributed by atoms with Gasteiger partial charge in [-0.25, -0.2) is 0 Å². The van der Waals surface area contributed by atoms with E-state index in [1.807, 2.05) is 38.1 Å². The lowest BCUT2D eigenvalue weighted by Gasteiger charge is -2.19. The van der Waals surface area contributed by atoms with E-state index in [4.69, 9.17) is 0 Å². The number of carbonyl (C=O) groups is 1. The van der Waals surface area contributed by atoms with Crippen molar-refractivity contribution < 1.29 is 4.79 Å². The Kier molecular flexibility index (Phi) is 3.46. The summed E-state index contributed by atoms with van der Waals surface area (Å²) in [7, 11) is 0. The van der Waals surface area contributed by atoms with Crippen molar-refractivity contribution in [3.05, 3.63) is 42.5 Å². The van der Waals surface area contributed by atoms with E-state index in [1.165, 1.54) is 6.08 Å². The summed E-state index contributed by atoms with van der Waals surface area (Å²) < 4.78 is 0. The maximum atomic E-state index is 11.5. The quantitative estimate of drug-likeness (QED) is 0.669. The van der Waals surface area contributed by atoms with Crippen molar-refractivity contribution in [2.45, 2.75) is 13.8 Å². The highest BCUT2D eigenvalue weighted by molar-refractivity contribution is 6.01. The van der Waals surface area contributed by atoms with Gasteiger partial charge in [-0.1, -0.05) is 18.7 Å². The molecule has 0 heterocycles. The van der Waals surface area contributed by atoms with Crippen molar-refractivity contribution in [3.8, 4) is 0 Å². The molecule has 0 spiro atoms. The molecule has 0 atom stereocenters. The first-order valence-electron chi connectivity index (χ1n) is 4.69. The van der Waals surface area contributed by atoms with Crippen LogP contribution in [0, 0.1) is 6.92 Å². The van der Waals surface area contributed by atoms with E-state index < -0.39 is 0 Å². The van der Waals surface area contributed by atoms with Crippen LogP contribution in [0.2, 0.25) is 0 Å². The van der Waals surface area contributed by atoms with Crippen molar-refractivity contribution in [3.63, 3.8) is 0 Å². The van der Waals surface area contributed by atoms with Gasteiger partial charge in [0.25, 0.3) is 0 Å². The van der Waals surface area contributed by atoms with Crippen LogP contribution >= 0.6 is 0 Å². The minimum Gasteiger partial charge on any atom is -0.309 e. The van der Waals surface area contributed by atoms with Gasteiger partial charge < -0.3 is 4.90 Å². The van der Waals surface area contributed by atoms with E-state index in [1.54, 1.807) is 4.90 Å². The maximum absolute atomic E-state index is 11.5. The number of carbonyl (C=O) groups excluding carboxylic acids is 1. The molecule has 0 bridgehead atoms. The predicted molar refractivity (Wildman–Crippen MR) is 59.4 cm³/mol. The first-order valence-corrected chi connectivity index (χ1v) is 4.69. The number of benzene rings is 1. The average molecular weight is 189 g/mol. The van der Waals surface area contributed by atoms with Gasteiger partial charge >= 0.3 is 0 Å². The molecule has 0 saturated heterocycles. The van der Waals surface area contributed by atoms with Gasteiger partial charge in [0.2, 0.25) is 5.91 Å². The molecule has 1 aromatic carbocycles. The molecular weight excluding hydrogens is 174 g/mol. The Hall–Kier alpha value is -1.57. The van der Waals surface area contributed by atoms with Crippen LogP contribution in [0.3, 0.4) is 0 Å². The minimum absolute atomic E-state index is 0.0573. The highest BCUT2D eigenvalue weighted by Crippen LogP contribution is 2.15. The third-order valence-corrected chi connectivity index (χ3v) is 2.07. The number of aryl methyl sites for hydroxylation is 1. The lowest BCUT2D eigenvalue weighted by molar-refractivity contribution is -0.114. The van der Waals surface area contributed by atoms with Crippen LogP contribution in [-0.2, 0) is 4.79 Å². The average Bonchev–Trinajstić information content (AvgIpc) is 2.19. The number of anilines is 1. The fourth-order valence-corrected chi connectivity index (χ4v) is 1.37. The third-order valence-electron chi connectivity index (χ3n) is 2.07. The zero-order chi connectivity index (χ0) is 10.6. The molecule has 1 aromatic rings. The summed E-state index contributed by atoms with van der Waals surface area (Å²) in [4.78, 5) is 13.2. The van der Waals surface area contributed by atoms with E-state index in [9.17, 15) is 4.79 Å². The van der Waals surface area contributed by atoms with Crippen molar-refractivity contribution in [2.24, 2.45) is 0 Å². The van der Waals surface area contributed by atoms with Crippen molar-refractivity contribution in [1.82, 2.24) is 0 Å². The summed E-state index contributed by atoms with van der Waals surface area (Å²) in [6, 6.07) is 7.88. The van der Waals surface area contributed by atoms with Gasteiger partial charge in [-0.2, -0.15) is 0 Å². The van der Waals surface area contributed by atoms with Crippen LogP contribution in [-0.4, -0.2) is 12.5 Å². The van der Waals surface area contributed by atoms with Gasteiger partial charge in [0, 0.05) is 12.2 Å². The third kappa shape index (κ3) is 2.22. The normalized spacial score (nSPS) is 9.57. The van der Waals surface area contributed by atoms with E-state index in [0.717, 1.165) is 11.3 Å². The van der Waals surface area contributed by atoms with Crippen LogP contribution in [0.5, 0.6) is 0 Å². The second kappa shape index (κ2) is 4.61. The summed E-state index contributed by atoms with van der Waals surface area (Å²) in [6.07, 6.45) is 1.34. The van der Waals surface area contributed by atoms with Gasteiger partial charge in [0.1, 0.15) is 0 Å². The minimum atomic E-state index is -0.0573. The summed E-state index contributed by atoms with van der Waals surface area (Å²) in [5, 5.41) is 0. The second-order valence-corrected chi connectivity index (χ2v) is 3.13. The predicted octanol–water partition coefficient (Wildman–Crippen LogP) is 2.53. The lowest BCUT2D eigenvalue weighted by atomic mass is 10.2. The Morgan fingerprint density at radius 3 is 2.79 bits per heavy atom. The lowest BCUT2D eigenvalue weighted by Crippen LogP contribution is -2.28. The Balaban J connectivity index is 3.00. The molecule has 14 heavy (non-hydrogen) atoms. The topological polar surface area (TPSA) is 20.3 Å². The first-order chi connectivity index (χ1) is 6.69. The molecule has 1 amide bonds. The van der Waals surface area contributed by atoms with Crippen LogP contribution < -0.4 is 4.90 Å². The van der Waals surface area contributed by atoms with Crippen molar-refractivity contribution in [2.75, 3.05) is 11.4 Å². The van der Waals surface area contributed by atoms with E-state index in [0.29, 0.717) is 6.54 Å². The standard InChI is InChI=1S/C12H15NO/c1-4-12(14)13(5-2)11-8-6-7-10(3)9-11/h4,6-9H,1,5H2,2-3H3. The molecule has 1 rings (SSSR count). The Morgan fingerprint density at radius 1 is 1.57 bits per heavy atom. The van der Waals surface area contributed by atoms with Gasteiger partial charge in [-0.15, -0.1) is 0 Å². The van der Waals surface area contributed by atoms with Crippen LogP contribution in [0.15, 0.2) is 36.9 Å². The Labute approximate surface area is 84.9 Å². The van der Waals surface area contributed by atoms with Gasteiger partial charge in [-0.3, -0.25) is 4.79 Å². The number of amides is 1. The molecule has 0 aliphatic rings. The molecule has 0 fully saturated rings. The van der Waals surface area contributed by atoms with Crippen molar-refractivity contribution >= 4 is 11.6 Å². The fourth-order valence-electron chi connectivity index (χ4n) is 1.37. The molecule has 0 radical (unpaired) electrons. The van der Waals surface area contributed by atoms with Gasteiger partial charge in [-0.05, 0) is 37.6 Å². The number of hydrogen-bond donors (Lipinski definition) is 0.